The van der Waals surface area contributed by atoms with Gasteiger partial charge in [-0.1, -0.05) is 11.6 Å². The van der Waals surface area contributed by atoms with E-state index >= 15 is 0 Å². The van der Waals surface area contributed by atoms with Crippen LogP contribution < -0.4 is 10.2 Å². The zero-order valence-electron chi connectivity index (χ0n) is 8.99. The minimum Gasteiger partial charge on any atom is -0.370 e. The van der Waals surface area contributed by atoms with E-state index in [1.54, 1.807) is 12.3 Å². The molecule has 0 spiro atoms. The van der Waals surface area contributed by atoms with Gasteiger partial charge in [0.2, 0.25) is 6.41 Å². The number of rotatable bonds is 4. The molecule has 4 nitrogen and oxygen atoms in total. The molecule has 82 valence electrons. The predicted molar refractivity (Wildman–Crippen MR) is 62.5 cm³/mol. The molecule has 1 aromatic heterocycles. The van der Waals surface area contributed by atoms with Gasteiger partial charge in [0.05, 0.1) is 17.6 Å². The second-order valence-electron chi connectivity index (χ2n) is 3.49. The number of hydrogen-bond donors (Lipinski definition) is 1. The van der Waals surface area contributed by atoms with Crippen LogP contribution in [0.1, 0.15) is 13.8 Å². The van der Waals surface area contributed by atoms with E-state index in [1.807, 2.05) is 11.9 Å². The lowest BCUT2D eigenvalue weighted by molar-refractivity contribution is -0.105. The van der Waals surface area contributed by atoms with E-state index in [9.17, 15) is 4.79 Å². The number of amides is 1. The largest absolute Gasteiger partial charge is 0.370 e. The van der Waals surface area contributed by atoms with Crippen molar-refractivity contribution >= 4 is 29.4 Å². The molecule has 0 aromatic carbocycles. The Morgan fingerprint density at radius 2 is 2.27 bits per heavy atom. The summed E-state index contributed by atoms with van der Waals surface area (Å²) in [6.07, 6.45) is 2.17. The van der Waals surface area contributed by atoms with E-state index in [1.165, 1.54) is 0 Å². The first-order valence-electron chi connectivity index (χ1n) is 4.64. The van der Waals surface area contributed by atoms with Crippen molar-refractivity contribution in [3.8, 4) is 0 Å². The van der Waals surface area contributed by atoms with Crippen molar-refractivity contribution in [1.82, 2.24) is 4.98 Å². The van der Waals surface area contributed by atoms with Crippen LogP contribution >= 0.6 is 11.6 Å². The van der Waals surface area contributed by atoms with E-state index in [0.29, 0.717) is 23.3 Å². The molecule has 0 aliphatic rings. The third-order valence-electron chi connectivity index (χ3n) is 2.22. The number of nitrogens with one attached hydrogen (secondary N) is 1. The lowest BCUT2D eigenvalue weighted by atomic mass is 10.2. The maximum absolute atomic E-state index is 10.4. The van der Waals surface area contributed by atoms with Crippen LogP contribution in [0.25, 0.3) is 0 Å². The summed E-state index contributed by atoms with van der Waals surface area (Å²) < 4.78 is 0. The third kappa shape index (κ3) is 2.83. The Morgan fingerprint density at radius 1 is 1.60 bits per heavy atom. The van der Waals surface area contributed by atoms with Gasteiger partial charge in [-0.2, -0.15) is 0 Å². The number of carbonyl (C=O) groups excluding carboxylic acids is 1. The second kappa shape index (κ2) is 4.98. The predicted octanol–water partition coefficient (Wildman–Crippen LogP) is 2.15. The van der Waals surface area contributed by atoms with Gasteiger partial charge in [-0.3, -0.25) is 4.79 Å². The number of pyridine rings is 1. The van der Waals surface area contributed by atoms with Crippen LogP contribution in [0.5, 0.6) is 0 Å². The summed E-state index contributed by atoms with van der Waals surface area (Å²) in [6, 6.07) is 2.04. The lowest BCUT2D eigenvalue weighted by Gasteiger charge is -2.25. The van der Waals surface area contributed by atoms with Gasteiger partial charge < -0.3 is 10.2 Å². The number of nitrogens with zero attached hydrogens (tertiary/aromatic N) is 2. The first-order valence-corrected chi connectivity index (χ1v) is 5.02. The molecule has 0 fully saturated rings. The highest BCUT2D eigenvalue weighted by molar-refractivity contribution is 6.29. The van der Waals surface area contributed by atoms with Gasteiger partial charge in [-0.05, 0) is 13.8 Å². The van der Waals surface area contributed by atoms with Crippen molar-refractivity contribution in [2.75, 3.05) is 17.3 Å². The maximum atomic E-state index is 10.4. The van der Waals surface area contributed by atoms with Crippen LogP contribution in [0, 0.1) is 0 Å². The Kier molecular flexibility index (Phi) is 3.91. The summed E-state index contributed by atoms with van der Waals surface area (Å²) in [6.45, 7) is 4.11. The van der Waals surface area contributed by atoms with Crippen molar-refractivity contribution in [1.29, 1.82) is 0 Å². The van der Waals surface area contributed by atoms with Crippen LogP contribution in [0.2, 0.25) is 5.15 Å². The minimum atomic E-state index is 0.315. The Bertz CT molecular complexity index is 355. The average molecular weight is 228 g/mol. The zero-order valence-corrected chi connectivity index (χ0v) is 9.75. The van der Waals surface area contributed by atoms with E-state index in [4.69, 9.17) is 11.6 Å². The molecular formula is C10H14ClN3O. The van der Waals surface area contributed by atoms with Gasteiger partial charge in [0.1, 0.15) is 5.15 Å². The fourth-order valence-corrected chi connectivity index (χ4v) is 1.32. The molecule has 0 saturated carbocycles. The molecule has 0 saturated heterocycles. The van der Waals surface area contributed by atoms with Crippen molar-refractivity contribution in [2.24, 2.45) is 0 Å². The van der Waals surface area contributed by atoms with Crippen molar-refractivity contribution in [2.45, 2.75) is 19.9 Å². The molecule has 1 aromatic rings. The fourth-order valence-electron chi connectivity index (χ4n) is 1.16. The van der Waals surface area contributed by atoms with Crippen molar-refractivity contribution in [3.05, 3.63) is 17.4 Å². The number of halogens is 1. The molecule has 1 rings (SSSR count). The summed E-state index contributed by atoms with van der Waals surface area (Å²) in [5.41, 5.74) is 1.52. The van der Waals surface area contributed by atoms with Gasteiger partial charge in [0.15, 0.2) is 0 Å². The van der Waals surface area contributed by atoms with Crippen molar-refractivity contribution < 1.29 is 4.79 Å². The second-order valence-corrected chi connectivity index (χ2v) is 3.88. The van der Waals surface area contributed by atoms with Gasteiger partial charge >= 0.3 is 0 Å². The Morgan fingerprint density at radius 3 is 2.80 bits per heavy atom. The topological polar surface area (TPSA) is 45.2 Å². The molecule has 1 N–H and O–H groups in total. The zero-order chi connectivity index (χ0) is 11.4. The van der Waals surface area contributed by atoms with Gasteiger partial charge in [0.25, 0.3) is 0 Å². The molecule has 1 heterocycles. The summed E-state index contributed by atoms with van der Waals surface area (Å²) in [4.78, 5) is 16.3. The minimum absolute atomic E-state index is 0.315. The normalized spacial score (nSPS) is 10.2. The molecule has 0 bridgehead atoms. The van der Waals surface area contributed by atoms with Crippen LogP contribution in [-0.4, -0.2) is 24.5 Å². The number of aromatic nitrogens is 1. The van der Waals surface area contributed by atoms with Gasteiger partial charge in [-0.15, -0.1) is 0 Å². The Hall–Kier alpha value is -1.29. The summed E-state index contributed by atoms with van der Waals surface area (Å²) in [5, 5.41) is 3.01. The number of carbonyl (C=O) groups is 1. The highest BCUT2D eigenvalue weighted by atomic mass is 35.5. The molecule has 0 radical (unpaired) electrons. The molecule has 5 heteroatoms. The van der Waals surface area contributed by atoms with E-state index in [-0.39, 0.29) is 0 Å². The lowest BCUT2D eigenvalue weighted by Crippen LogP contribution is -2.26. The van der Waals surface area contributed by atoms with Crippen LogP contribution in [0.15, 0.2) is 12.3 Å². The first kappa shape index (κ1) is 11.8. The van der Waals surface area contributed by atoms with E-state index in [0.717, 1.165) is 5.69 Å². The van der Waals surface area contributed by atoms with E-state index < -0.39 is 0 Å². The smallest absolute Gasteiger partial charge is 0.211 e. The highest BCUT2D eigenvalue weighted by Crippen LogP contribution is 2.27. The number of hydrogen-bond acceptors (Lipinski definition) is 3. The summed E-state index contributed by atoms with van der Waals surface area (Å²) in [7, 11) is 1.94. The van der Waals surface area contributed by atoms with E-state index in [2.05, 4.69) is 24.1 Å². The molecule has 15 heavy (non-hydrogen) atoms. The molecule has 0 atom stereocenters. The molecule has 0 unspecified atom stereocenters. The molecule has 1 amide bonds. The molecule has 0 aliphatic heterocycles. The first-order chi connectivity index (χ1) is 7.06. The highest BCUT2D eigenvalue weighted by Gasteiger charge is 2.11. The third-order valence-corrected chi connectivity index (χ3v) is 2.42. The van der Waals surface area contributed by atoms with Crippen LogP contribution in [0.4, 0.5) is 11.4 Å². The maximum Gasteiger partial charge on any atom is 0.211 e. The SMILES string of the molecule is CC(C)N(C)c1cc(Cl)ncc1NC=O. The van der Waals surface area contributed by atoms with Gasteiger partial charge in [-0.25, -0.2) is 4.98 Å². The summed E-state index contributed by atoms with van der Waals surface area (Å²) in [5.74, 6) is 0. The Balaban J connectivity index is 3.11. The molecular weight excluding hydrogens is 214 g/mol. The molecule has 0 aliphatic carbocycles. The quantitative estimate of drug-likeness (QED) is 0.633. The van der Waals surface area contributed by atoms with Gasteiger partial charge in [0, 0.05) is 19.2 Å². The number of anilines is 2. The fraction of sp³-hybridized carbons (Fsp3) is 0.400. The van der Waals surface area contributed by atoms with Crippen LogP contribution in [0.3, 0.4) is 0 Å². The average Bonchev–Trinajstić information content (AvgIpc) is 2.20. The van der Waals surface area contributed by atoms with Crippen LogP contribution in [-0.2, 0) is 4.79 Å². The Labute approximate surface area is 94.3 Å². The standard InChI is InChI=1S/C10H14ClN3O/c1-7(2)14(3)9-4-10(11)12-5-8(9)13-6-15/h4-7H,1-3H3,(H,13,15). The summed E-state index contributed by atoms with van der Waals surface area (Å²) >= 11 is 5.81. The monoisotopic (exact) mass is 227 g/mol. The van der Waals surface area contributed by atoms with Crippen molar-refractivity contribution in [3.63, 3.8) is 0 Å².